The van der Waals surface area contributed by atoms with Gasteiger partial charge in [0, 0.05) is 24.8 Å². The summed E-state index contributed by atoms with van der Waals surface area (Å²) in [5.41, 5.74) is 1.47. The van der Waals surface area contributed by atoms with Gasteiger partial charge in [-0.15, -0.1) is 0 Å². The standard InChI is InChI=1S/C15H18FN3O4/c16-12-5-9(17-6-11(20)7-18-15(22)23)3-8-4-13(21)19(14(8)12)10-1-2-10/h3,5,10-11,17-18,20H,1-2,4,6-7H2,(H,22,23)/t11-/m1/s1. The lowest BCUT2D eigenvalue weighted by molar-refractivity contribution is -0.117. The molecule has 1 aromatic rings. The van der Waals surface area contributed by atoms with Crippen LogP contribution in [0.4, 0.5) is 20.6 Å². The summed E-state index contributed by atoms with van der Waals surface area (Å²) < 4.78 is 14.4. The third-order valence-electron chi connectivity index (χ3n) is 3.94. The van der Waals surface area contributed by atoms with Crippen LogP contribution in [0.15, 0.2) is 12.1 Å². The number of halogens is 1. The molecule has 0 bridgehead atoms. The van der Waals surface area contributed by atoms with Crippen molar-refractivity contribution >= 4 is 23.4 Å². The molecule has 1 heterocycles. The first-order chi connectivity index (χ1) is 11.0. The van der Waals surface area contributed by atoms with Crippen molar-refractivity contribution in [3.8, 4) is 0 Å². The van der Waals surface area contributed by atoms with Gasteiger partial charge in [0.25, 0.3) is 0 Å². The second kappa shape index (κ2) is 6.04. The number of carbonyl (C=O) groups excluding carboxylic acids is 1. The Kier molecular flexibility index (Phi) is 4.08. The molecule has 1 atom stereocenters. The Labute approximate surface area is 132 Å². The number of carbonyl (C=O) groups is 2. The van der Waals surface area contributed by atoms with Gasteiger partial charge in [0.1, 0.15) is 5.82 Å². The maximum atomic E-state index is 14.4. The quantitative estimate of drug-likeness (QED) is 0.623. The highest BCUT2D eigenvalue weighted by Gasteiger charge is 2.40. The van der Waals surface area contributed by atoms with Crippen molar-refractivity contribution in [1.29, 1.82) is 0 Å². The molecule has 0 aromatic heterocycles. The van der Waals surface area contributed by atoms with Crippen LogP contribution in [0.3, 0.4) is 0 Å². The number of aliphatic hydroxyl groups excluding tert-OH is 1. The Balaban J connectivity index is 1.66. The van der Waals surface area contributed by atoms with E-state index < -0.39 is 18.0 Å². The Morgan fingerprint density at radius 2 is 2.13 bits per heavy atom. The third kappa shape index (κ3) is 3.37. The summed E-state index contributed by atoms with van der Waals surface area (Å²) >= 11 is 0. The number of hydrogen-bond acceptors (Lipinski definition) is 4. The monoisotopic (exact) mass is 323 g/mol. The fourth-order valence-corrected chi connectivity index (χ4v) is 2.77. The molecule has 1 fully saturated rings. The van der Waals surface area contributed by atoms with Crippen molar-refractivity contribution in [2.45, 2.75) is 31.4 Å². The second-order valence-corrected chi connectivity index (χ2v) is 5.86. The zero-order valence-corrected chi connectivity index (χ0v) is 12.4. The number of amides is 2. The van der Waals surface area contributed by atoms with Gasteiger partial charge in [0.05, 0.1) is 18.2 Å². The number of rotatable bonds is 6. The molecule has 2 amide bonds. The molecule has 0 radical (unpaired) electrons. The maximum absolute atomic E-state index is 14.4. The van der Waals surface area contributed by atoms with Gasteiger partial charge >= 0.3 is 6.09 Å². The molecular formula is C15H18FN3O4. The van der Waals surface area contributed by atoms with Crippen LogP contribution < -0.4 is 15.5 Å². The zero-order valence-electron chi connectivity index (χ0n) is 12.4. The van der Waals surface area contributed by atoms with Crippen molar-refractivity contribution in [2.24, 2.45) is 0 Å². The number of nitrogens with zero attached hydrogens (tertiary/aromatic N) is 1. The predicted molar refractivity (Wildman–Crippen MR) is 81.1 cm³/mol. The van der Waals surface area contributed by atoms with E-state index in [1.807, 2.05) is 0 Å². The lowest BCUT2D eigenvalue weighted by Crippen LogP contribution is -2.34. The van der Waals surface area contributed by atoms with Gasteiger partial charge in [-0.2, -0.15) is 0 Å². The molecule has 23 heavy (non-hydrogen) atoms. The number of anilines is 2. The van der Waals surface area contributed by atoms with Gasteiger partial charge in [0.2, 0.25) is 5.91 Å². The van der Waals surface area contributed by atoms with Crippen LogP contribution in [-0.2, 0) is 11.2 Å². The summed E-state index contributed by atoms with van der Waals surface area (Å²) in [5, 5.41) is 23.0. The van der Waals surface area contributed by atoms with E-state index in [-0.39, 0.29) is 31.5 Å². The number of nitrogens with one attached hydrogen (secondary N) is 2. The van der Waals surface area contributed by atoms with E-state index in [0.29, 0.717) is 16.9 Å². The summed E-state index contributed by atoms with van der Waals surface area (Å²) in [6.07, 6.45) is -0.152. The summed E-state index contributed by atoms with van der Waals surface area (Å²) in [5.74, 6) is -0.537. The highest BCUT2D eigenvalue weighted by Crippen LogP contribution is 2.41. The molecule has 124 valence electrons. The highest BCUT2D eigenvalue weighted by atomic mass is 19.1. The van der Waals surface area contributed by atoms with Crippen LogP contribution in [0.2, 0.25) is 0 Å². The van der Waals surface area contributed by atoms with Crippen molar-refractivity contribution in [3.63, 3.8) is 0 Å². The van der Waals surface area contributed by atoms with E-state index in [2.05, 4.69) is 10.6 Å². The summed E-state index contributed by atoms with van der Waals surface area (Å²) in [6, 6.07) is 3.13. The molecule has 0 saturated heterocycles. The van der Waals surface area contributed by atoms with Gasteiger partial charge in [-0.3, -0.25) is 4.79 Å². The van der Waals surface area contributed by atoms with Crippen molar-refractivity contribution in [3.05, 3.63) is 23.5 Å². The van der Waals surface area contributed by atoms with E-state index in [1.165, 1.54) is 6.07 Å². The lowest BCUT2D eigenvalue weighted by Gasteiger charge is -2.18. The number of fused-ring (bicyclic) bond motifs is 1. The average molecular weight is 323 g/mol. The Bertz CT molecular complexity index is 648. The normalized spacial score (nSPS) is 17.8. The lowest BCUT2D eigenvalue weighted by atomic mass is 10.1. The molecule has 3 rings (SSSR count). The van der Waals surface area contributed by atoms with E-state index in [0.717, 1.165) is 12.8 Å². The first-order valence-electron chi connectivity index (χ1n) is 7.49. The van der Waals surface area contributed by atoms with Gasteiger partial charge in [-0.05, 0) is 30.5 Å². The Morgan fingerprint density at radius 1 is 1.39 bits per heavy atom. The summed E-state index contributed by atoms with van der Waals surface area (Å²) in [4.78, 5) is 23.9. The summed E-state index contributed by atoms with van der Waals surface area (Å²) in [7, 11) is 0. The molecule has 1 aliphatic heterocycles. The average Bonchev–Trinajstić information content (AvgIpc) is 3.25. The number of aliphatic hydroxyl groups is 1. The van der Waals surface area contributed by atoms with Crippen LogP contribution in [0.1, 0.15) is 18.4 Å². The molecule has 1 saturated carbocycles. The first-order valence-corrected chi connectivity index (χ1v) is 7.49. The number of carboxylic acid groups (broad SMARTS) is 1. The minimum Gasteiger partial charge on any atom is -0.465 e. The fraction of sp³-hybridized carbons (Fsp3) is 0.467. The van der Waals surface area contributed by atoms with E-state index in [4.69, 9.17) is 5.11 Å². The third-order valence-corrected chi connectivity index (χ3v) is 3.94. The topological polar surface area (TPSA) is 102 Å². The van der Waals surface area contributed by atoms with Crippen molar-refractivity contribution in [2.75, 3.05) is 23.3 Å². The van der Waals surface area contributed by atoms with Crippen LogP contribution in [-0.4, -0.2) is 47.4 Å². The molecule has 4 N–H and O–H groups in total. The van der Waals surface area contributed by atoms with E-state index in [9.17, 15) is 19.1 Å². The molecule has 1 aromatic carbocycles. The van der Waals surface area contributed by atoms with E-state index >= 15 is 0 Å². The molecule has 1 aliphatic carbocycles. The molecule has 0 unspecified atom stereocenters. The molecule has 0 spiro atoms. The fourth-order valence-electron chi connectivity index (χ4n) is 2.77. The summed E-state index contributed by atoms with van der Waals surface area (Å²) in [6.45, 7) is -0.0531. The largest absolute Gasteiger partial charge is 0.465 e. The van der Waals surface area contributed by atoms with Gasteiger partial charge in [0.15, 0.2) is 0 Å². The van der Waals surface area contributed by atoms with Crippen molar-refractivity contribution < 1.29 is 24.2 Å². The van der Waals surface area contributed by atoms with Gasteiger partial charge in [-0.1, -0.05) is 0 Å². The van der Waals surface area contributed by atoms with E-state index in [1.54, 1.807) is 11.0 Å². The van der Waals surface area contributed by atoms with Gasteiger partial charge < -0.3 is 25.7 Å². The van der Waals surface area contributed by atoms with Crippen LogP contribution >= 0.6 is 0 Å². The van der Waals surface area contributed by atoms with Gasteiger partial charge in [-0.25, -0.2) is 9.18 Å². The molecule has 7 nitrogen and oxygen atoms in total. The smallest absolute Gasteiger partial charge is 0.404 e. The highest BCUT2D eigenvalue weighted by molar-refractivity contribution is 6.02. The number of hydrogen-bond donors (Lipinski definition) is 4. The Morgan fingerprint density at radius 3 is 2.78 bits per heavy atom. The zero-order chi connectivity index (χ0) is 16.6. The SMILES string of the molecule is O=C(O)NC[C@H](O)CNc1cc(F)c2c(c1)CC(=O)N2C1CC1. The van der Waals surface area contributed by atoms with Crippen LogP contribution in [0.5, 0.6) is 0 Å². The second-order valence-electron chi connectivity index (χ2n) is 5.86. The first kappa shape index (κ1) is 15.5. The molecule has 8 heteroatoms. The minimum absolute atomic E-state index is 0.0682. The van der Waals surface area contributed by atoms with Crippen molar-refractivity contribution in [1.82, 2.24) is 5.32 Å². The molecule has 2 aliphatic rings. The molecular weight excluding hydrogens is 305 g/mol. The van der Waals surface area contributed by atoms with Crippen LogP contribution in [0, 0.1) is 5.82 Å². The maximum Gasteiger partial charge on any atom is 0.404 e. The minimum atomic E-state index is -1.22. The van der Waals surface area contributed by atoms with Crippen LogP contribution in [0.25, 0.3) is 0 Å². The number of benzene rings is 1. The predicted octanol–water partition coefficient (Wildman–Crippen LogP) is 0.918. The Hall–Kier alpha value is -2.35.